The van der Waals surface area contributed by atoms with Gasteiger partial charge in [0.05, 0.1) is 0 Å². The third-order valence-electron chi connectivity index (χ3n) is 3.70. The van der Waals surface area contributed by atoms with Gasteiger partial charge in [-0.25, -0.2) is 0 Å². The van der Waals surface area contributed by atoms with Crippen molar-refractivity contribution in [3.63, 3.8) is 0 Å². The van der Waals surface area contributed by atoms with Gasteiger partial charge in [-0.1, -0.05) is 18.2 Å². The van der Waals surface area contributed by atoms with Gasteiger partial charge in [0.25, 0.3) is 0 Å². The molecule has 0 unspecified atom stereocenters. The summed E-state index contributed by atoms with van der Waals surface area (Å²) in [6.07, 6.45) is 4.03. The Kier molecular flexibility index (Phi) is 4.24. The number of nitrogens with one attached hydrogen (secondary N) is 1. The molecule has 1 aliphatic heterocycles. The van der Waals surface area contributed by atoms with E-state index in [1.54, 1.807) is 5.56 Å². The molecule has 0 spiro atoms. The number of rotatable bonds is 5. The molecule has 0 atom stereocenters. The van der Waals surface area contributed by atoms with Gasteiger partial charge in [-0.05, 0) is 30.9 Å². The van der Waals surface area contributed by atoms with Crippen molar-refractivity contribution in [2.75, 3.05) is 32.7 Å². The van der Waals surface area contributed by atoms with Crippen LogP contribution in [0.5, 0.6) is 0 Å². The minimum Gasteiger partial charge on any atom is -0.314 e. The number of hydrogen-bond acceptors (Lipinski definition) is 3. The lowest BCUT2D eigenvalue weighted by atomic mass is 10.1. The normalized spacial score (nSPS) is 21.1. The van der Waals surface area contributed by atoms with Crippen LogP contribution in [0, 0.1) is 0 Å². The molecule has 1 aliphatic carbocycles. The van der Waals surface area contributed by atoms with E-state index < -0.39 is 0 Å². The third-order valence-corrected chi connectivity index (χ3v) is 5.15. The van der Waals surface area contributed by atoms with E-state index in [1.165, 1.54) is 43.8 Å². The van der Waals surface area contributed by atoms with Crippen molar-refractivity contribution in [1.82, 2.24) is 10.2 Å². The molecular weight excluding hydrogens is 240 g/mol. The van der Waals surface area contributed by atoms with Crippen LogP contribution in [0.15, 0.2) is 29.2 Å². The lowest BCUT2D eigenvalue weighted by Gasteiger charge is -2.27. The summed E-state index contributed by atoms with van der Waals surface area (Å²) in [5.41, 5.74) is 1.55. The summed E-state index contributed by atoms with van der Waals surface area (Å²) in [5.74, 6) is 0. The van der Waals surface area contributed by atoms with E-state index in [-0.39, 0.29) is 0 Å². The van der Waals surface area contributed by atoms with Gasteiger partial charge in [-0.3, -0.25) is 0 Å². The first-order valence-corrected chi connectivity index (χ1v) is 7.97. The van der Waals surface area contributed by atoms with Crippen LogP contribution in [0.3, 0.4) is 0 Å². The Hall–Kier alpha value is -0.510. The van der Waals surface area contributed by atoms with E-state index in [0.717, 1.165) is 18.3 Å². The average Bonchev–Trinajstić information content (AvgIpc) is 3.23. The Morgan fingerprint density at radius 1 is 1.17 bits per heavy atom. The fraction of sp³-hybridized carbons (Fsp3) is 0.600. The first-order chi connectivity index (χ1) is 8.92. The van der Waals surface area contributed by atoms with E-state index in [0.29, 0.717) is 0 Å². The molecule has 1 saturated heterocycles. The SMILES string of the molecule is c1ccc(SC2CC2)c(CCN2CCNCC2)c1. The Balaban J connectivity index is 1.56. The van der Waals surface area contributed by atoms with Crippen molar-refractivity contribution < 1.29 is 0 Å². The average molecular weight is 262 g/mol. The van der Waals surface area contributed by atoms with Crippen LogP contribution >= 0.6 is 11.8 Å². The molecule has 0 radical (unpaired) electrons. The van der Waals surface area contributed by atoms with Gasteiger partial charge in [0, 0.05) is 42.9 Å². The number of benzene rings is 1. The molecule has 2 nitrogen and oxygen atoms in total. The van der Waals surface area contributed by atoms with E-state index >= 15 is 0 Å². The Bertz CT molecular complexity index is 384. The van der Waals surface area contributed by atoms with Crippen molar-refractivity contribution in [2.45, 2.75) is 29.4 Å². The third kappa shape index (κ3) is 3.50. The quantitative estimate of drug-likeness (QED) is 0.877. The molecule has 0 aromatic heterocycles. The zero-order chi connectivity index (χ0) is 12.2. The molecule has 1 saturated carbocycles. The zero-order valence-electron chi connectivity index (χ0n) is 10.9. The summed E-state index contributed by atoms with van der Waals surface area (Å²) in [7, 11) is 0. The second-order valence-electron chi connectivity index (χ2n) is 5.27. The number of thioether (sulfide) groups is 1. The largest absolute Gasteiger partial charge is 0.314 e. The predicted molar refractivity (Wildman–Crippen MR) is 78.3 cm³/mol. The minimum absolute atomic E-state index is 0.908. The van der Waals surface area contributed by atoms with Crippen LogP contribution in [0.2, 0.25) is 0 Å². The topological polar surface area (TPSA) is 15.3 Å². The molecule has 0 amide bonds. The molecule has 1 aromatic carbocycles. The second kappa shape index (κ2) is 6.09. The van der Waals surface area contributed by atoms with Crippen molar-refractivity contribution in [3.8, 4) is 0 Å². The molecule has 98 valence electrons. The number of piperazine rings is 1. The molecular formula is C15H22N2S. The standard InChI is InChI=1S/C15H22N2S/c1-2-4-15(18-14-5-6-14)13(3-1)7-10-17-11-8-16-9-12-17/h1-4,14,16H,5-12H2. The number of hydrogen-bond donors (Lipinski definition) is 1. The van der Waals surface area contributed by atoms with Crippen molar-refractivity contribution >= 4 is 11.8 Å². The monoisotopic (exact) mass is 262 g/mol. The van der Waals surface area contributed by atoms with E-state index in [1.807, 2.05) is 0 Å². The Labute approximate surface area is 114 Å². The zero-order valence-corrected chi connectivity index (χ0v) is 11.7. The van der Waals surface area contributed by atoms with Crippen molar-refractivity contribution in [2.24, 2.45) is 0 Å². The van der Waals surface area contributed by atoms with E-state index in [9.17, 15) is 0 Å². The summed E-state index contributed by atoms with van der Waals surface area (Å²) in [4.78, 5) is 4.10. The fourth-order valence-corrected chi connectivity index (χ4v) is 3.61. The first kappa shape index (κ1) is 12.5. The van der Waals surface area contributed by atoms with Crippen molar-refractivity contribution in [1.29, 1.82) is 0 Å². The summed E-state index contributed by atoms with van der Waals surface area (Å²) in [5, 5.41) is 4.32. The van der Waals surface area contributed by atoms with Gasteiger partial charge in [0.15, 0.2) is 0 Å². The highest BCUT2D eigenvalue weighted by Gasteiger charge is 2.23. The molecule has 3 heteroatoms. The molecule has 1 aromatic rings. The lowest BCUT2D eigenvalue weighted by Crippen LogP contribution is -2.44. The van der Waals surface area contributed by atoms with Crippen LogP contribution in [0.25, 0.3) is 0 Å². The van der Waals surface area contributed by atoms with Crippen LogP contribution in [0.1, 0.15) is 18.4 Å². The first-order valence-electron chi connectivity index (χ1n) is 7.09. The van der Waals surface area contributed by atoms with Crippen LogP contribution in [-0.2, 0) is 6.42 Å². The van der Waals surface area contributed by atoms with Crippen LogP contribution in [-0.4, -0.2) is 42.9 Å². The molecule has 0 bridgehead atoms. The summed E-state index contributed by atoms with van der Waals surface area (Å²) in [6, 6.07) is 8.98. The smallest absolute Gasteiger partial charge is 0.0108 e. The highest BCUT2D eigenvalue weighted by atomic mass is 32.2. The van der Waals surface area contributed by atoms with E-state index in [2.05, 4.69) is 46.2 Å². The Morgan fingerprint density at radius 3 is 2.72 bits per heavy atom. The summed E-state index contributed by atoms with van der Waals surface area (Å²) < 4.78 is 0. The predicted octanol–water partition coefficient (Wildman–Crippen LogP) is 2.39. The highest BCUT2D eigenvalue weighted by molar-refractivity contribution is 8.00. The fourth-order valence-electron chi connectivity index (χ4n) is 2.40. The molecule has 1 N–H and O–H groups in total. The lowest BCUT2D eigenvalue weighted by molar-refractivity contribution is 0.243. The summed E-state index contributed by atoms with van der Waals surface area (Å²) in [6.45, 7) is 5.93. The van der Waals surface area contributed by atoms with Gasteiger partial charge in [-0.2, -0.15) is 0 Å². The molecule has 3 rings (SSSR count). The molecule has 2 fully saturated rings. The van der Waals surface area contributed by atoms with Gasteiger partial charge in [0.2, 0.25) is 0 Å². The van der Waals surface area contributed by atoms with Gasteiger partial charge >= 0.3 is 0 Å². The van der Waals surface area contributed by atoms with Gasteiger partial charge in [0.1, 0.15) is 0 Å². The van der Waals surface area contributed by atoms with Crippen molar-refractivity contribution in [3.05, 3.63) is 29.8 Å². The Morgan fingerprint density at radius 2 is 1.94 bits per heavy atom. The molecule has 1 heterocycles. The summed E-state index contributed by atoms with van der Waals surface area (Å²) >= 11 is 2.09. The maximum absolute atomic E-state index is 3.41. The number of nitrogens with zero attached hydrogens (tertiary/aromatic N) is 1. The minimum atomic E-state index is 0.908. The van der Waals surface area contributed by atoms with Crippen LogP contribution in [0.4, 0.5) is 0 Å². The highest BCUT2D eigenvalue weighted by Crippen LogP contribution is 2.40. The maximum Gasteiger partial charge on any atom is 0.0108 e. The van der Waals surface area contributed by atoms with E-state index in [4.69, 9.17) is 0 Å². The second-order valence-corrected chi connectivity index (χ2v) is 6.61. The molecule has 2 aliphatic rings. The van der Waals surface area contributed by atoms with Gasteiger partial charge < -0.3 is 10.2 Å². The maximum atomic E-state index is 3.41. The molecule has 18 heavy (non-hydrogen) atoms. The van der Waals surface area contributed by atoms with Crippen LogP contribution < -0.4 is 5.32 Å². The van der Waals surface area contributed by atoms with Gasteiger partial charge in [-0.15, -0.1) is 11.8 Å².